The summed E-state index contributed by atoms with van der Waals surface area (Å²) in [7, 11) is 0. The molecule has 3 heterocycles. The minimum Gasteiger partial charge on any atom is -0.378 e. The van der Waals surface area contributed by atoms with Gasteiger partial charge in [0.15, 0.2) is 0 Å². The molecule has 2 aliphatic rings. The smallest absolute Gasteiger partial charge is 0.250 e. The molecule has 1 N–H and O–H groups in total. The van der Waals surface area contributed by atoms with Crippen LogP contribution >= 0.6 is 15.9 Å². The van der Waals surface area contributed by atoms with Crippen LogP contribution in [0, 0.1) is 0 Å². The Balaban J connectivity index is 1.54. The zero-order valence-corrected chi connectivity index (χ0v) is 16.6. The van der Waals surface area contributed by atoms with Gasteiger partial charge in [0.2, 0.25) is 17.8 Å². The largest absolute Gasteiger partial charge is 0.378 e. The Labute approximate surface area is 166 Å². The molecule has 0 saturated carbocycles. The molecule has 2 fully saturated rings. The number of halogens is 1. The summed E-state index contributed by atoms with van der Waals surface area (Å²) in [6.45, 7) is 4.91. The van der Waals surface area contributed by atoms with Crippen LogP contribution in [0.4, 0.5) is 17.8 Å². The number of hydrazone groups is 1. The highest BCUT2D eigenvalue weighted by atomic mass is 79.9. The highest BCUT2D eigenvalue weighted by molar-refractivity contribution is 9.10. The second kappa shape index (κ2) is 8.62. The Bertz CT molecular complexity index is 787. The fourth-order valence-corrected chi connectivity index (χ4v) is 3.34. The Kier molecular flexibility index (Phi) is 5.78. The maximum Gasteiger partial charge on any atom is 0.250 e. The van der Waals surface area contributed by atoms with Crippen molar-refractivity contribution >= 4 is 40.0 Å². The van der Waals surface area contributed by atoms with Gasteiger partial charge in [-0.05, 0) is 30.5 Å². The maximum absolute atomic E-state index is 5.44. The van der Waals surface area contributed by atoms with Crippen molar-refractivity contribution in [1.82, 2.24) is 15.0 Å². The Morgan fingerprint density at radius 3 is 2.22 bits per heavy atom. The molecular weight excluding hydrogens is 410 g/mol. The standard InChI is InChI=1S/C18H22BrN7O/c19-15-5-3-14(4-6-15)13-20-24-16-21-17(25-7-1-2-8-25)23-18(22-16)26-9-11-27-12-10-26/h3-6,13H,1-2,7-12H2,(H,21,22,23,24)/b20-13-. The molecule has 0 amide bonds. The summed E-state index contributed by atoms with van der Waals surface area (Å²) in [5, 5.41) is 4.29. The van der Waals surface area contributed by atoms with E-state index in [2.05, 4.69) is 46.2 Å². The summed E-state index contributed by atoms with van der Waals surface area (Å²) >= 11 is 3.43. The number of benzene rings is 1. The first-order valence-electron chi connectivity index (χ1n) is 9.16. The molecule has 0 aliphatic carbocycles. The molecule has 2 aliphatic heterocycles. The topological polar surface area (TPSA) is 78.8 Å². The van der Waals surface area contributed by atoms with Crippen LogP contribution in [0.15, 0.2) is 33.8 Å². The lowest BCUT2D eigenvalue weighted by Crippen LogP contribution is -2.38. The van der Waals surface area contributed by atoms with Gasteiger partial charge >= 0.3 is 0 Å². The normalized spacial score (nSPS) is 17.7. The van der Waals surface area contributed by atoms with Crippen LogP contribution in [0.25, 0.3) is 0 Å². The van der Waals surface area contributed by atoms with Crippen LogP contribution in [0.1, 0.15) is 18.4 Å². The molecule has 0 unspecified atom stereocenters. The van der Waals surface area contributed by atoms with Crippen LogP contribution < -0.4 is 15.2 Å². The first-order chi connectivity index (χ1) is 13.3. The van der Waals surface area contributed by atoms with Crippen molar-refractivity contribution in [2.75, 3.05) is 54.6 Å². The average Bonchev–Trinajstić information content (AvgIpc) is 3.25. The van der Waals surface area contributed by atoms with Gasteiger partial charge in [-0.1, -0.05) is 28.1 Å². The molecular formula is C18H22BrN7O. The summed E-state index contributed by atoms with van der Waals surface area (Å²) in [4.78, 5) is 18.2. The second-order valence-electron chi connectivity index (χ2n) is 6.47. The molecule has 0 spiro atoms. The van der Waals surface area contributed by atoms with E-state index in [1.54, 1.807) is 6.21 Å². The molecule has 2 aromatic rings. The lowest BCUT2D eigenvalue weighted by atomic mass is 10.2. The van der Waals surface area contributed by atoms with Crippen LogP contribution in [0.5, 0.6) is 0 Å². The summed E-state index contributed by atoms with van der Waals surface area (Å²) in [6, 6.07) is 7.92. The summed E-state index contributed by atoms with van der Waals surface area (Å²) in [6.07, 6.45) is 4.09. The lowest BCUT2D eigenvalue weighted by Gasteiger charge is -2.27. The van der Waals surface area contributed by atoms with E-state index in [1.165, 1.54) is 12.8 Å². The van der Waals surface area contributed by atoms with Crippen molar-refractivity contribution in [1.29, 1.82) is 0 Å². The molecule has 8 nitrogen and oxygen atoms in total. The molecule has 0 atom stereocenters. The number of rotatable bonds is 5. The molecule has 0 radical (unpaired) electrons. The van der Waals surface area contributed by atoms with E-state index in [4.69, 9.17) is 9.72 Å². The molecule has 1 aromatic heterocycles. The second-order valence-corrected chi connectivity index (χ2v) is 7.39. The molecule has 9 heteroatoms. The summed E-state index contributed by atoms with van der Waals surface area (Å²) in [5.41, 5.74) is 3.96. The minimum absolute atomic E-state index is 0.460. The first kappa shape index (κ1) is 18.1. The number of ether oxygens (including phenoxy) is 1. The van der Waals surface area contributed by atoms with E-state index < -0.39 is 0 Å². The number of morpholine rings is 1. The molecule has 27 heavy (non-hydrogen) atoms. The van der Waals surface area contributed by atoms with E-state index in [0.717, 1.165) is 36.2 Å². The van der Waals surface area contributed by atoms with Crippen molar-refractivity contribution in [2.24, 2.45) is 5.10 Å². The van der Waals surface area contributed by atoms with Gasteiger partial charge in [0, 0.05) is 30.7 Å². The molecule has 2 saturated heterocycles. The quantitative estimate of drug-likeness (QED) is 0.575. The van der Waals surface area contributed by atoms with E-state index in [1.807, 2.05) is 24.3 Å². The third kappa shape index (κ3) is 4.72. The third-order valence-corrected chi connectivity index (χ3v) is 5.07. The number of anilines is 3. The van der Waals surface area contributed by atoms with Gasteiger partial charge < -0.3 is 14.5 Å². The van der Waals surface area contributed by atoms with Gasteiger partial charge in [-0.15, -0.1) is 0 Å². The van der Waals surface area contributed by atoms with Crippen molar-refractivity contribution in [3.63, 3.8) is 0 Å². The lowest BCUT2D eigenvalue weighted by molar-refractivity contribution is 0.122. The van der Waals surface area contributed by atoms with Gasteiger partial charge in [-0.25, -0.2) is 5.43 Å². The fraction of sp³-hybridized carbons (Fsp3) is 0.444. The van der Waals surface area contributed by atoms with Gasteiger partial charge in [-0.3, -0.25) is 0 Å². The zero-order valence-electron chi connectivity index (χ0n) is 15.0. The van der Waals surface area contributed by atoms with Gasteiger partial charge in [0.05, 0.1) is 19.4 Å². The summed E-state index contributed by atoms with van der Waals surface area (Å²) in [5.74, 6) is 1.85. The monoisotopic (exact) mass is 431 g/mol. The summed E-state index contributed by atoms with van der Waals surface area (Å²) < 4.78 is 6.48. The number of aromatic nitrogens is 3. The van der Waals surface area contributed by atoms with Gasteiger partial charge in [0.1, 0.15) is 0 Å². The molecule has 4 rings (SSSR count). The fourth-order valence-electron chi connectivity index (χ4n) is 3.08. The van der Waals surface area contributed by atoms with E-state index in [0.29, 0.717) is 31.1 Å². The van der Waals surface area contributed by atoms with E-state index in [9.17, 15) is 0 Å². The SMILES string of the molecule is Brc1ccc(/C=N\Nc2nc(N3CCCC3)nc(N3CCOCC3)n2)cc1. The van der Waals surface area contributed by atoms with Crippen molar-refractivity contribution in [3.05, 3.63) is 34.3 Å². The van der Waals surface area contributed by atoms with Gasteiger partial charge in [0.25, 0.3) is 0 Å². The van der Waals surface area contributed by atoms with Crippen LogP contribution in [-0.4, -0.2) is 60.6 Å². The average molecular weight is 432 g/mol. The molecule has 0 bridgehead atoms. The van der Waals surface area contributed by atoms with Crippen LogP contribution in [0.2, 0.25) is 0 Å². The molecule has 142 valence electrons. The van der Waals surface area contributed by atoms with E-state index in [-0.39, 0.29) is 0 Å². The maximum atomic E-state index is 5.44. The van der Waals surface area contributed by atoms with Crippen LogP contribution in [0.3, 0.4) is 0 Å². The van der Waals surface area contributed by atoms with Crippen LogP contribution in [-0.2, 0) is 4.74 Å². The number of nitrogens with one attached hydrogen (secondary N) is 1. The predicted octanol–water partition coefficient (Wildman–Crippen LogP) is 2.52. The number of hydrogen-bond donors (Lipinski definition) is 1. The minimum atomic E-state index is 0.460. The first-order valence-corrected chi connectivity index (χ1v) is 9.95. The van der Waals surface area contributed by atoms with E-state index >= 15 is 0 Å². The van der Waals surface area contributed by atoms with Crippen molar-refractivity contribution in [3.8, 4) is 0 Å². The third-order valence-electron chi connectivity index (χ3n) is 4.54. The van der Waals surface area contributed by atoms with Gasteiger partial charge in [-0.2, -0.15) is 20.1 Å². The Morgan fingerprint density at radius 1 is 0.926 bits per heavy atom. The zero-order chi connectivity index (χ0) is 18.5. The van der Waals surface area contributed by atoms with Crippen molar-refractivity contribution in [2.45, 2.75) is 12.8 Å². The van der Waals surface area contributed by atoms with Crippen molar-refractivity contribution < 1.29 is 4.74 Å². The highest BCUT2D eigenvalue weighted by Crippen LogP contribution is 2.21. The molecule has 1 aromatic carbocycles. The number of hydrogen-bond acceptors (Lipinski definition) is 8. The Morgan fingerprint density at radius 2 is 1.56 bits per heavy atom. The highest BCUT2D eigenvalue weighted by Gasteiger charge is 2.21. The predicted molar refractivity (Wildman–Crippen MR) is 110 cm³/mol. The number of nitrogens with zero attached hydrogens (tertiary/aromatic N) is 6. The Hall–Kier alpha value is -2.26.